The van der Waals surface area contributed by atoms with E-state index in [-0.39, 0.29) is 20.1 Å². The van der Waals surface area contributed by atoms with Crippen LogP contribution in [0.5, 0.6) is 0 Å². The Balaban J connectivity index is 0.000000167. The van der Waals surface area contributed by atoms with Crippen molar-refractivity contribution in [1.82, 2.24) is 19.9 Å². The number of benzene rings is 4. The number of fused-ring (bicyclic) bond motifs is 4. The molecule has 0 saturated carbocycles. The van der Waals surface area contributed by atoms with Gasteiger partial charge in [-0.05, 0) is 34.5 Å². The van der Waals surface area contributed by atoms with Crippen LogP contribution >= 0.6 is 0 Å². The van der Waals surface area contributed by atoms with Gasteiger partial charge < -0.3 is 4.98 Å². The van der Waals surface area contributed by atoms with E-state index in [1.807, 2.05) is 79.3 Å². The van der Waals surface area contributed by atoms with Crippen LogP contribution in [0.4, 0.5) is 0 Å². The zero-order valence-corrected chi connectivity index (χ0v) is 24.6. The fraction of sp³-hybridized carbons (Fsp3) is 0.0857. The summed E-state index contributed by atoms with van der Waals surface area (Å²) < 4.78 is 0. The van der Waals surface area contributed by atoms with Crippen LogP contribution in [0.25, 0.3) is 55.1 Å². The van der Waals surface area contributed by atoms with Crippen molar-refractivity contribution in [2.24, 2.45) is 0 Å². The van der Waals surface area contributed by atoms with Crippen molar-refractivity contribution in [3.63, 3.8) is 0 Å². The molecule has 4 nitrogen and oxygen atoms in total. The second kappa shape index (κ2) is 12.3. The molecule has 7 rings (SSSR count). The van der Waals surface area contributed by atoms with Crippen molar-refractivity contribution in [2.45, 2.75) is 19.8 Å². The molecule has 0 aliphatic carbocycles. The Bertz CT molecular complexity index is 1900. The molecule has 3 heterocycles. The summed E-state index contributed by atoms with van der Waals surface area (Å²) in [7, 11) is 0. The van der Waals surface area contributed by atoms with Gasteiger partial charge in [0, 0.05) is 61.1 Å². The van der Waals surface area contributed by atoms with Gasteiger partial charge in [-0.15, -0.1) is 71.3 Å². The second-order valence-corrected chi connectivity index (χ2v) is 9.64. The molecular formula is C35H26IrN4-2. The average molecular weight is 695 g/mol. The van der Waals surface area contributed by atoms with E-state index >= 15 is 0 Å². The predicted octanol–water partition coefficient (Wildman–Crippen LogP) is 8.47. The van der Waals surface area contributed by atoms with Crippen molar-refractivity contribution < 1.29 is 20.1 Å². The monoisotopic (exact) mass is 695 g/mol. The van der Waals surface area contributed by atoms with E-state index in [1.165, 1.54) is 16.3 Å². The number of nitrogens with zero attached hydrogens (tertiary/aromatic N) is 4. The number of pyridine rings is 2. The molecule has 0 atom stereocenters. The zero-order chi connectivity index (χ0) is 26.6. The van der Waals surface area contributed by atoms with Crippen molar-refractivity contribution >= 4 is 32.4 Å². The number of rotatable bonds is 3. The van der Waals surface area contributed by atoms with Gasteiger partial charge in [-0.3, -0.25) is 15.0 Å². The van der Waals surface area contributed by atoms with Gasteiger partial charge in [-0.25, -0.2) is 0 Å². The molecule has 7 aromatic rings. The quantitative estimate of drug-likeness (QED) is 0.138. The van der Waals surface area contributed by atoms with Gasteiger partial charge in [0.2, 0.25) is 0 Å². The van der Waals surface area contributed by atoms with Gasteiger partial charge in [0.15, 0.2) is 0 Å². The van der Waals surface area contributed by atoms with Gasteiger partial charge in [0.1, 0.15) is 0 Å². The summed E-state index contributed by atoms with van der Waals surface area (Å²) in [6.45, 7) is 4.36. The molecule has 0 spiro atoms. The molecule has 5 heteroatoms. The van der Waals surface area contributed by atoms with E-state index in [0.29, 0.717) is 11.7 Å². The maximum atomic E-state index is 4.80. The Hall–Kier alpha value is -4.31. The van der Waals surface area contributed by atoms with Crippen LogP contribution < -0.4 is 0 Å². The Morgan fingerprint density at radius 3 is 2.33 bits per heavy atom. The van der Waals surface area contributed by atoms with Gasteiger partial charge >= 0.3 is 0 Å². The second-order valence-electron chi connectivity index (χ2n) is 9.64. The Kier molecular flexibility index (Phi) is 8.35. The molecule has 0 saturated heterocycles. The summed E-state index contributed by atoms with van der Waals surface area (Å²) in [5.74, 6) is 1.18. The van der Waals surface area contributed by atoms with E-state index < -0.39 is 0 Å². The molecule has 0 aliphatic heterocycles. The third-order valence-electron chi connectivity index (χ3n) is 6.74. The number of hydrogen-bond donors (Lipinski definition) is 0. The molecule has 4 aromatic carbocycles. The van der Waals surface area contributed by atoms with E-state index in [9.17, 15) is 0 Å². The third-order valence-corrected chi connectivity index (χ3v) is 6.74. The molecular weight excluding hydrogens is 669 g/mol. The molecule has 0 N–H and O–H groups in total. The minimum Gasteiger partial charge on any atom is -0.304 e. The Morgan fingerprint density at radius 1 is 0.650 bits per heavy atom. The van der Waals surface area contributed by atoms with Crippen LogP contribution in [0.15, 0.2) is 116 Å². The topological polar surface area (TPSA) is 51.6 Å². The molecule has 0 bridgehead atoms. The van der Waals surface area contributed by atoms with Crippen molar-refractivity contribution in [1.29, 1.82) is 0 Å². The first kappa shape index (κ1) is 27.3. The van der Waals surface area contributed by atoms with Crippen molar-refractivity contribution in [3.05, 3.63) is 133 Å². The van der Waals surface area contributed by atoms with Crippen LogP contribution in [0, 0.1) is 12.1 Å². The summed E-state index contributed by atoms with van der Waals surface area (Å²) in [5, 5.41) is 5.61. The normalized spacial score (nSPS) is 10.8. The Morgan fingerprint density at radius 2 is 1.48 bits per heavy atom. The van der Waals surface area contributed by atoms with Crippen LogP contribution in [0.3, 0.4) is 0 Å². The minimum absolute atomic E-state index is 0. The summed E-state index contributed by atoms with van der Waals surface area (Å²) in [6.07, 6.45) is 7.39. The van der Waals surface area contributed by atoms with Gasteiger partial charge in [-0.2, -0.15) is 0 Å². The summed E-state index contributed by atoms with van der Waals surface area (Å²) in [4.78, 5) is 18.0. The Labute approximate surface area is 247 Å². The average Bonchev–Trinajstić information content (AvgIpc) is 3.01. The first-order chi connectivity index (χ1) is 19.2. The van der Waals surface area contributed by atoms with Crippen LogP contribution in [-0.4, -0.2) is 19.9 Å². The molecule has 197 valence electrons. The molecule has 0 aliphatic rings. The number of hydrogen-bond acceptors (Lipinski definition) is 4. The fourth-order valence-corrected chi connectivity index (χ4v) is 4.64. The SMILES string of the molecule is CC(C)c1cc[c-]c(-c2ncc3ccc4cnccc4c3n2)c1.[Ir].[c-]1ccccc1-c1nccc2ccccc12. The maximum Gasteiger partial charge on any atom is 0.0756 e. The summed E-state index contributed by atoms with van der Waals surface area (Å²) in [6, 6.07) is 37.0. The molecule has 0 amide bonds. The molecule has 0 fully saturated rings. The zero-order valence-electron chi connectivity index (χ0n) is 22.2. The smallest absolute Gasteiger partial charge is 0.0756 e. The predicted molar refractivity (Wildman–Crippen MR) is 159 cm³/mol. The van der Waals surface area contributed by atoms with Gasteiger partial charge in [0.25, 0.3) is 0 Å². The van der Waals surface area contributed by atoms with Crippen molar-refractivity contribution in [2.75, 3.05) is 0 Å². The molecule has 1 radical (unpaired) electrons. The maximum absolute atomic E-state index is 4.80. The summed E-state index contributed by atoms with van der Waals surface area (Å²) in [5.41, 5.74) is 5.20. The molecule has 3 aromatic heterocycles. The number of aromatic nitrogens is 4. The van der Waals surface area contributed by atoms with E-state index in [1.54, 1.807) is 6.20 Å². The van der Waals surface area contributed by atoms with Crippen LogP contribution in [-0.2, 0) is 20.1 Å². The first-order valence-corrected chi connectivity index (χ1v) is 13.0. The van der Waals surface area contributed by atoms with Crippen LogP contribution in [0.2, 0.25) is 0 Å². The van der Waals surface area contributed by atoms with E-state index in [0.717, 1.165) is 38.5 Å². The van der Waals surface area contributed by atoms with Gasteiger partial charge in [0.05, 0.1) is 11.3 Å². The molecule has 40 heavy (non-hydrogen) atoms. The first-order valence-electron chi connectivity index (χ1n) is 13.0. The van der Waals surface area contributed by atoms with Crippen LogP contribution in [0.1, 0.15) is 25.3 Å². The fourth-order valence-electron chi connectivity index (χ4n) is 4.64. The molecule has 0 unspecified atom stereocenters. The minimum atomic E-state index is 0. The summed E-state index contributed by atoms with van der Waals surface area (Å²) >= 11 is 0. The third kappa shape index (κ3) is 5.67. The van der Waals surface area contributed by atoms with E-state index in [2.05, 4.69) is 71.3 Å². The standard InChI is InChI=1S/C20H16N3.C15H10N.Ir/c1-13(2)14-4-3-5-15(10-14)20-22-12-17-7-6-16-11-21-9-8-18(16)19(17)23-20;1-2-7-13(8-3-1)15-14-9-5-4-6-12(14)10-11-16-15;/h3-4,6-13H,1-2H3;1-7,9-11H;/q2*-1;. The van der Waals surface area contributed by atoms with Crippen molar-refractivity contribution in [3.8, 4) is 22.6 Å². The van der Waals surface area contributed by atoms with Gasteiger partial charge in [-0.1, -0.05) is 50.2 Å². The van der Waals surface area contributed by atoms with E-state index in [4.69, 9.17) is 4.98 Å². The largest absolute Gasteiger partial charge is 0.304 e.